The van der Waals surface area contributed by atoms with Gasteiger partial charge in [-0.1, -0.05) is 0 Å². The molecule has 0 aliphatic heterocycles. The number of halogens is 10. The van der Waals surface area contributed by atoms with Crippen molar-refractivity contribution in [3.8, 4) is 0 Å². The van der Waals surface area contributed by atoms with E-state index in [0.29, 0.717) is 0 Å². The van der Waals surface area contributed by atoms with Gasteiger partial charge in [0.05, 0.1) is 52.9 Å². The third kappa shape index (κ3) is 12.4. The molecule has 0 spiro atoms. The van der Waals surface area contributed by atoms with Crippen molar-refractivity contribution in [2.45, 2.75) is 24.2 Å². The van der Waals surface area contributed by atoms with Gasteiger partial charge in [-0.2, -0.15) is 43.9 Å². The van der Waals surface area contributed by atoms with Crippen molar-refractivity contribution < 1.29 is 67.6 Å². The zero-order valence-corrected chi connectivity index (χ0v) is 14.9. The van der Waals surface area contributed by atoms with Gasteiger partial charge in [0.2, 0.25) is 0 Å². The van der Waals surface area contributed by atoms with Crippen molar-refractivity contribution in [1.82, 2.24) is 0 Å². The van der Waals surface area contributed by atoms with E-state index < -0.39 is 50.6 Å². The van der Waals surface area contributed by atoms with Crippen LogP contribution in [-0.2, 0) is 23.7 Å². The van der Waals surface area contributed by atoms with Gasteiger partial charge in [0.1, 0.15) is 13.2 Å². The van der Waals surface area contributed by atoms with Crippen molar-refractivity contribution in [3.05, 3.63) is 0 Å². The van der Waals surface area contributed by atoms with E-state index in [1.807, 2.05) is 0 Å². The Kier molecular flexibility index (Phi) is 12.3. The number of hydrogen-bond acceptors (Lipinski definition) is 5. The minimum Gasteiger partial charge on any atom is -0.377 e. The normalized spacial score (nSPS) is 13.9. The van der Waals surface area contributed by atoms with E-state index in [1.54, 1.807) is 0 Å². The fourth-order valence-electron chi connectivity index (χ4n) is 1.34. The predicted molar refractivity (Wildman–Crippen MR) is 76.1 cm³/mol. The molecule has 0 radical (unpaired) electrons. The maximum absolute atomic E-state index is 12.5. The summed E-state index contributed by atoms with van der Waals surface area (Å²) in [6.07, 6.45) is -11.4. The fourth-order valence-corrected chi connectivity index (χ4v) is 1.34. The molecule has 0 N–H and O–H groups in total. The number of hydrogen-bond donors (Lipinski definition) is 0. The van der Waals surface area contributed by atoms with Gasteiger partial charge in [-0.05, 0) is 0 Å². The molecule has 0 saturated carbocycles. The zero-order valence-electron chi connectivity index (χ0n) is 14.9. The van der Waals surface area contributed by atoms with E-state index in [2.05, 4.69) is 9.47 Å². The Hall–Kier alpha value is -0.900. The van der Waals surface area contributed by atoms with Gasteiger partial charge in [0.25, 0.3) is 0 Å². The maximum Gasteiger partial charge on any atom is 0.455 e. The van der Waals surface area contributed by atoms with Crippen molar-refractivity contribution in [1.29, 1.82) is 0 Å². The topological polar surface area (TPSA) is 46.2 Å². The molecule has 29 heavy (non-hydrogen) atoms. The van der Waals surface area contributed by atoms with Crippen LogP contribution < -0.4 is 0 Å². The Balaban J connectivity index is 3.41. The second-order valence-electron chi connectivity index (χ2n) is 5.35. The lowest BCUT2D eigenvalue weighted by atomic mass is 10.3. The zero-order chi connectivity index (χ0) is 22.6. The third-order valence-corrected chi connectivity index (χ3v) is 2.88. The molecule has 15 heteroatoms. The lowest BCUT2D eigenvalue weighted by molar-refractivity contribution is -0.297. The Morgan fingerprint density at radius 1 is 0.345 bits per heavy atom. The second-order valence-corrected chi connectivity index (χ2v) is 5.35. The molecule has 0 aromatic rings. The SMILES string of the molecule is FC(F)(F)C(F)(F)COCCOCCOCCOCCOCC(F)(F)C(F)(F)F. The van der Waals surface area contributed by atoms with Crippen LogP contribution in [0.2, 0.25) is 0 Å². The monoisotopic (exact) mass is 458 g/mol. The summed E-state index contributed by atoms with van der Waals surface area (Å²) in [5.74, 6) is -9.89. The molecule has 0 atom stereocenters. The lowest BCUT2D eigenvalue weighted by Crippen LogP contribution is -2.41. The molecule has 0 aliphatic rings. The molecule has 0 aromatic carbocycles. The Labute approximate surface area is 159 Å². The van der Waals surface area contributed by atoms with Gasteiger partial charge >= 0.3 is 24.2 Å². The van der Waals surface area contributed by atoms with Gasteiger partial charge in [-0.15, -0.1) is 0 Å². The first kappa shape index (κ1) is 28.1. The fraction of sp³-hybridized carbons (Fsp3) is 1.00. The van der Waals surface area contributed by atoms with E-state index in [0.717, 1.165) is 0 Å². The molecule has 0 heterocycles. The summed E-state index contributed by atoms with van der Waals surface area (Å²) in [6.45, 7) is -5.07. The highest BCUT2D eigenvalue weighted by Crippen LogP contribution is 2.36. The maximum atomic E-state index is 12.5. The van der Waals surface area contributed by atoms with Crippen LogP contribution in [0.4, 0.5) is 43.9 Å². The minimum absolute atomic E-state index is 0.0192. The summed E-state index contributed by atoms with van der Waals surface area (Å²) in [5.41, 5.74) is 0. The largest absolute Gasteiger partial charge is 0.455 e. The molecule has 0 aliphatic carbocycles. The molecular weight excluding hydrogens is 438 g/mol. The summed E-state index contributed by atoms with van der Waals surface area (Å²) in [6, 6.07) is 0. The molecule has 0 bridgehead atoms. The van der Waals surface area contributed by atoms with Crippen LogP contribution in [-0.4, -0.2) is 90.3 Å². The second kappa shape index (κ2) is 12.7. The molecule has 0 fully saturated rings. The van der Waals surface area contributed by atoms with E-state index >= 15 is 0 Å². The van der Waals surface area contributed by atoms with Crippen LogP contribution in [0.3, 0.4) is 0 Å². The summed E-state index contributed by atoms with van der Waals surface area (Å²) in [4.78, 5) is 0. The van der Waals surface area contributed by atoms with Crippen molar-refractivity contribution in [2.75, 3.05) is 66.1 Å². The van der Waals surface area contributed by atoms with E-state index in [-0.39, 0.29) is 39.6 Å². The quantitative estimate of drug-likeness (QED) is 0.262. The average molecular weight is 458 g/mol. The number of alkyl halides is 10. The van der Waals surface area contributed by atoms with E-state index in [1.165, 1.54) is 0 Å². The number of rotatable bonds is 16. The van der Waals surface area contributed by atoms with Crippen LogP contribution >= 0.6 is 0 Å². The summed E-state index contributed by atoms with van der Waals surface area (Å²) >= 11 is 0. The summed E-state index contributed by atoms with van der Waals surface area (Å²) in [5, 5.41) is 0. The molecule has 0 aromatic heterocycles. The first-order chi connectivity index (χ1) is 13.2. The Morgan fingerprint density at radius 2 is 0.552 bits per heavy atom. The van der Waals surface area contributed by atoms with E-state index in [9.17, 15) is 43.9 Å². The highest BCUT2D eigenvalue weighted by atomic mass is 19.4. The highest BCUT2D eigenvalue weighted by molar-refractivity contribution is 4.75. The summed E-state index contributed by atoms with van der Waals surface area (Å²) in [7, 11) is 0. The summed E-state index contributed by atoms with van der Waals surface area (Å²) < 4.78 is 144. The third-order valence-electron chi connectivity index (χ3n) is 2.88. The Morgan fingerprint density at radius 3 is 0.759 bits per heavy atom. The molecule has 5 nitrogen and oxygen atoms in total. The minimum atomic E-state index is -5.69. The van der Waals surface area contributed by atoms with Gasteiger partial charge in [-0.25, -0.2) is 0 Å². The van der Waals surface area contributed by atoms with Crippen LogP contribution in [0, 0.1) is 0 Å². The van der Waals surface area contributed by atoms with Crippen LogP contribution in [0.15, 0.2) is 0 Å². The molecule has 0 unspecified atom stereocenters. The van der Waals surface area contributed by atoms with Gasteiger partial charge in [-0.3, -0.25) is 0 Å². The van der Waals surface area contributed by atoms with Gasteiger partial charge in [0, 0.05) is 0 Å². The van der Waals surface area contributed by atoms with Crippen LogP contribution in [0.1, 0.15) is 0 Å². The lowest BCUT2D eigenvalue weighted by Gasteiger charge is -2.19. The van der Waals surface area contributed by atoms with Gasteiger partial charge < -0.3 is 23.7 Å². The first-order valence-corrected chi connectivity index (χ1v) is 7.98. The molecule has 0 rings (SSSR count). The van der Waals surface area contributed by atoms with E-state index in [4.69, 9.17) is 14.2 Å². The highest BCUT2D eigenvalue weighted by Gasteiger charge is 2.58. The van der Waals surface area contributed by atoms with Crippen molar-refractivity contribution in [2.24, 2.45) is 0 Å². The van der Waals surface area contributed by atoms with Crippen molar-refractivity contribution in [3.63, 3.8) is 0 Å². The van der Waals surface area contributed by atoms with Crippen LogP contribution in [0.5, 0.6) is 0 Å². The molecule has 0 amide bonds. The standard InChI is InChI=1S/C14H20F10O5/c15-11(16,13(19,20)21)9-28-7-5-26-3-1-25-2-4-27-6-8-29-10-12(17,18)14(22,23)24/h1-10H2. The average Bonchev–Trinajstić information content (AvgIpc) is 2.56. The van der Waals surface area contributed by atoms with Crippen LogP contribution in [0.25, 0.3) is 0 Å². The first-order valence-electron chi connectivity index (χ1n) is 7.98. The number of ether oxygens (including phenoxy) is 5. The predicted octanol–water partition coefficient (Wildman–Crippen LogP) is 3.46. The van der Waals surface area contributed by atoms with Crippen molar-refractivity contribution >= 4 is 0 Å². The smallest absolute Gasteiger partial charge is 0.377 e. The molecule has 176 valence electrons. The molecule has 0 saturated heterocycles. The van der Waals surface area contributed by atoms with Gasteiger partial charge in [0.15, 0.2) is 0 Å². The molecular formula is C14H20F10O5. The Bertz CT molecular complexity index is 390.